The highest BCUT2D eigenvalue weighted by atomic mass is 32.2. The van der Waals surface area contributed by atoms with Crippen molar-refractivity contribution >= 4 is 15.8 Å². The van der Waals surface area contributed by atoms with Crippen LogP contribution in [0.2, 0.25) is 0 Å². The molecule has 1 heterocycles. The molecule has 2 aliphatic carbocycles. The third kappa shape index (κ3) is 1.86. The van der Waals surface area contributed by atoms with Gasteiger partial charge >= 0.3 is 0 Å². The molecule has 0 amide bonds. The number of imidazole rings is 1. The van der Waals surface area contributed by atoms with E-state index in [0.717, 1.165) is 12.8 Å². The van der Waals surface area contributed by atoms with Crippen molar-refractivity contribution in [3.8, 4) is 0 Å². The lowest BCUT2D eigenvalue weighted by Gasteiger charge is -2.39. The molecule has 2 saturated carbocycles. The van der Waals surface area contributed by atoms with Crippen LogP contribution in [0.25, 0.3) is 0 Å². The summed E-state index contributed by atoms with van der Waals surface area (Å²) in [5.41, 5.74) is 5.88. The number of rotatable bonds is 3. The minimum atomic E-state index is -3.65. The summed E-state index contributed by atoms with van der Waals surface area (Å²) in [5, 5.41) is 0.0617. The Labute approximate surface area is 126 Å². The van der Waals surface area contributed by atoms with Crippen molar-refractivity contribution in [3.63, 3.8) is 0 Å². The molecule has 2 bridgehead atoms. The van der Waals surface area contributed by atoms with E-state index in [4.69, 9.17) is 5.73 Å². The third-order valence-corrected chi connectivity index (χ3v) is 7.86. The van der Waals surface area contributed by atoms with Crippen LogP contribution < -0.4 is 10.5 Å². The van der Waals surface area contributed by atoms with Crippen LogP contribution in [0.4, 0.5) is 5.82 Å². The maximum atomic E-state index is 12.7. The number of fused-ring (bicyclic) bond motifs is 2. The Hall–Kier alpha value is -1.08. The van der Waals surface area contributed by atoms with Gasteiger partial charge < -0.3 is 10.3 Å². The molecular weight excluding hydrogens is 288 g/mol. The average Bonchev–Trinajstić information content (AvgIpc) is 2.87. The number of anilines is 1. The Morgan fingerprint density at radius 3 is 2.52 bits per heavy atom. The van der Waals surface area contributed by atoms with Crippen molar-refractivity contribution in [3.05, 3.63) is 6.33 Å². The van der Waals surface area contributed by atoms with Gasteiger partial charge in [0.15, 0.2) is 10.8 Å². The van der Waals surface area contributed by atoms with Gasteiger partial charge in [0.25, 0.3) is 10.0 Å². The Morgan fingerprint density at radius 1 is 1.43 bits per heavy atom. The van der Waals surface area contributed by atoms with Gasteiger partial charge in [0.1, 0.15) is 0 Å². The van der Waals surface area contributed by atoms with Crippen LogP contribution in [-0.2, 0) is 17.1 Å². The normalized spacial score (nSPS) is 34.5. The molecule has 1 aromatic rings. The van der Waals surface area contributed by atoms with Gasteiger partial charge in [-0.05, 0) is 36.0 Å². The number of nitrogen functional groups attached to an aromatic ring is 1. The zero-order chi connectivity index (χ0) is 15.6. The largest absolute Gasteiger partial charge is 0.381 e. The zero-order valence-electron chi connectivity index (χ0n) is 13.0. The molecule has 0 spiro atoms. The summed E-state index contributed by atoms with van der Waals surface area (Å²) in [6, 6.07) is -0.0365. The standard InChI is InChI=1S/C14H24N4O2S/c1-13(2)9-5-6-14(13,3)10(7-9)17-21(19,20)12-11(15)16-8-18(12)4/h8-10,17H,5-7,15H2,1-4H3. The van der Waals surface area contributed by atoms with Gasteiger partial charge in [-0.25, -0.2) is 18.1 Å². The minimum absolute atomic E-state index is 0.00189. The van der Waals surface area contributed by atoms with E-state index in [1.54, 1.807) is 7.05 Å². The molecule has 0 saturated heterocycles. The van der Waals surface area contributed by atoms with E-state index < -0.39 is 10.0 Å². The summed E-state index contributed by atoms with van der Waals surface area (Å²) < 4.78 is 29.7. The van der Waals surface area contributed by atoms with Crippen molar-refractivity contribution in [2.75, 3.05) is 5.73 Å². The van der Waals surface area contributed by atoms with E-state index >= 15 is 0 Å². The third-order valence-electron chi connectivity index (χ3n) is 6.26. The lowest BCUT2D eigenvalue weighted by Crippen LogP contribution is -2.47. The lowest BCUT2D eigenvalue weighted by molar-refractivity contribution is 0.130. The number of sulfonamides is 1. The van der Waals surface area contributed by atoms with Crippen LogP contribution in [0.15, 0.2) is 11.4 Å². The van der Waals surface area contributed by atoms with Gasteiger partial charge in [-0.3, -0.25) is 0 Å². The highest BCUT2D eigenvalue weighted by Crippen LogP contribution is 2.65. The molecule has 0 aromatic carbocycles. The maximum absolute atomic E-state index is 12.7. The van der Waals surface area contributed by atoms with Crippen molar-refractivity contribution in [1.82, 2.24) is 14.3 Å². The SMILES string of the molecule is Cn1cnc(N)c1S(=O)(=O)NC1CC2CCC1(C)C2(C)C. The highest BCUT2D eigenvalue weighted by Gasteiger charge is 2.62. The van der Waals surface area contributed by atoms with Crippen LogP contribution in [0.5, 0.6) is 0 Å². The van der Waals surface area contributed by atoms with Crippen molar-refractivity contribution in [1.29, 1.82) is 0 Å². The van der Waals surface area contributed by atoms with Crippen molar-refractivity contribution in [2.24, 2.45) is 23.8 Å². The first-order valence-corrected chi connectivity index (χ1v) is 8.87. The summed E-state index contributed by atoms with van der Waals surface area (Å²) in [6.45, 7) is 6.73. The summed E-state index contributed by atoms with van der Waals surface area (Å²) in [5.74, 6) is 0.636. The number of nitrogens with two attached hydrogens (primary N) is 1. The van der Waals surface area contributed by atoms with Crippen LogP contribution in [-0.4, -0.2) is 24.0 Å². The van der Waals surface area contributed by atoms with Crippen LogP contribution in [0, 0.1) is 16.7 Å². The van der Waals surface area contributed by atoms with Gasteiger partial charge in [0.05, 0.1) is 6.33 Å². The first kappa shape index (κ1) is 14.8. The summed E-state index contributed by atoms with van der Waals surface area (Å²) >= 11 is 0. The quantitative estimate of drug-likeness (QED) is 0.885. The molecule has 2 aliphatic rings. The van der Waals surface area contributed by atoms with Crippen molar-refractivity contribution in [2.45, 2.75) is 51.1 Å². The fraction of sp³-hybridized carbons (Fsp3) is 0.786. The second-order valence-corrected chi connectivity index (χ2v) is 8.96. The molecule has 21 heavy (non-hydrogen) atoms. The average molecular weight is 312 g/mol. The summed E-state index contributed by atoms with van der Waals surface area (Å²) in [4.78, 5) is 3.87. The number of aromatic nitrogens is 2. The minimum Gasteiger partial charge on any atom is -0.381 e. The first-order valence-electron chi connectivity index (χ1n) is 7.39. The molecule has 0 radical (unpaired) electrons. The molecule has 3 N–H and O–H groups in total. The number of hydrogen-bond acceptors (Lipinski definition) is 4. The molecule has 3 atom stereocenters. The van der Waals surface area contributed by atoms with Gasteiger partial charge in [-0.15, -0.1) is 0 Å². The second kappa shape index (κ2) is 4.23. The molecule has 7 heteroatoms. The topological polar surface area (TPSA) is 90.0 Å². The number of nitrogens with zero attached hydrogens (tertiary/aromatic N) is 2. The Kier molecular flexibility index (Phi) is 2.99. The smallest absolute Gasteiger partial charge is 0.260 e. The van der Waals surface area contributed by atoms with Crippen LogP contribution in [0.1, 0.15) is 40.0 Å². The lowest BCUT2D eigenvalue weighted by atomic mass is 9.69. The van der Waals surface area contributed by atoms with E-state index in [1.165, 1.54) is 17.3 Å². The summed E-state index contributed by atoms with van der Waals surface area (Å²) in [6.07, 6.45) is 4.59. The fourth-order valence-corrected chi connectivity index (χ4v) is 5.99. The maximum Gasteiger partial charge on any atom is 0.260 e. The van der Waals surface area contributed by atoms with Gasteiger partial charge in [-0.1, -0.05) is 20.8 Å². The molecule has 118 valence electrons. The second-order valence-electron chi connectivity index (χ2n) is 7.33. The molecule has 0 aliphatic heterocycles. The number of aryl methyl sites for hydroxylation is 1. The highest BCUT2D eigenvalue weighted by molar-refractivity contribution is 7.89. The summed E-state index contributed by atoms with van der Waals surface area (Å²) in [7, 11) is -2.00. The predicted octanol–water partition coefficient (Wildman–Crippen LogP) is 1.50. The Bertz CT molecular complexity index is 660. The first-order chi connectivity index (χ1) is 9.59. The van der Waals surface area contributed by atoms with E-state index in [9.17, 15) is 8.42 Å². The van der Waals surface area contributed by atoms with Gasteiger partial charge in [0.2, 0.25) is 0 Å². The van der Waals surface area contributed by atoms with Crippen LogP contribution >= 0.6 is 0 Å². The molecule has 3 unspecified atom stereocenters. The molecule has 1 aromatic heterocycles. The predicted molar refractivity (Wildman–Crippen MR) is 81.0 cm³/mol. The fourth-order valence-electron chi connectivity index (χ4n) is 4.39. The van der Waals surface area contributed by atoms with Crippen molar-refractivity contribution < 1.29 is 8.42 Å². The number of hydrogen-bond donors (Lipinski definition) is 2. The molecule has 6 nitrogen and oxygen atoms in total. The zero-order valence-corrected chi connectivity index (χ0v) is 13.9. The Balaban J connectivity index is 1.92. The van der Waals surface area contributed by atoms with E-state index in [2.05, 4.69) is 30.5 Å². The molecular formula is C14H24N4O2S. The van der Waals surface area contributed by atoms with E-state index in [-0.39, 0.29) is 27.7 Å². The Morgan fingerprint density at radius 2 is 2.10 bits per heavy atom. The van der Waals surface area contributed by atoms with Gasteiger partial charge in [-0.2, -0.15) is 0 Å². The molecule has 2 fully saturated rings. The van der Waals surface area contributed by atoms with Crippen LogP contribution in [0.3, 0.4) is 0 Å². The molecule has 3 rings (SSSR count). The van der Waals surface area contributed by atoms with Gasteiger partial charge in [0, 0.05) is 13.1 Å². The van der Waals surface area contributed by atoms with E-state index in [1.807, 2.05) is 0 Å². The number of nitrogens with one attached hydrogen (secondary N) is 1. The monoisotopic (exact) mass is 312 g/mol. The van der Waals surface area contributed by atoms with E-state index in [0.29, 0.717) is 5.92 Å².